The molecule has 82 valence electrons. The van der Waals surface area contributed by atoms with E-state index in [1.807, 2.05) is 0 Å². The van der Waals surface area contributed by atoms with Gasteiger partial charge >= 0.3 is 0 Å². The number of aromatic nitrogens is 2. The van der Waals surface area contributed by atoms with E-state index in [-0.39, 0.29) is 0 Å². The lowest BCUT2D eigenvalue weighted by molar-refractivity contribution is 1.14. The number of benzene rings is 1. The summed E-state index contributed by atoms with van der Waals surface area (Å²) < 4.78 is 1.74. The van der Waals surface area contributed by atoms with Crippen LogP contribution in [-0.2, 0) is 0 Å². The summed E-state index contributed by atoms with van der Waals surface area (Å²) in [5, 5.41) is 1.63. The molecule has 0 atom stereocenters. The molecule has 1 aromatic carbocycles. The van der Waals surface area contributed by atoms with Gasteiger partial charge in [0.05, 0.1) is 16.4 Å². The van der Waals surface area contributed by atoms with Crippen molar-refractivity contribution >= 4 is 46.0 Å². The fraction of sp³-hybridized carbons (Fsp3) is 0. The number of nitrogens with zero attached hydrogens (tertiary/aromatic N) is 2. The number of rotatable bonds is 2. The van der Waals surface area contributed by atoms with Crippen molar-refractivity contribution in [2.75, 3.05) is 0 Å². The SMILES string of the molecule is ClC(=Cn1ccnc1)c1ccc(Cl)cc1Cl. The van der Waals surface area contributed by atoms with Crippen LogP contribution in [0.5, 0.6) is 0 Å². The molecule has 1 aromatic heterocycles. The van der Waals surface area contributed by atoms with Crippen LogP contribution in [0.2, 0.25) is 10.0 Å². The quantitative estimate of drug-likeness (QED) is 0.794. The average molecular weight is 274 g/mol. The molecule has 0 aliphatic heterocycles. The van der Waals surface area contributed by atoms with Crippen molar-refractivity contribution in [3.05, 3.63) is 52.5 Å². The highest BCUT2D eigenvalue weighted by atomic mass is 35.5. The Morgan fingerprint density at radius 3 is 2.75 bits per heavy atom. The zero-order valence-electron chi connectivity index (χ0n) is 8.07. The van der Waals surface area contributed by atoms with Crippen molar-refractivity contribution in [3.8, 4) is 0 Å². The molecule has 0 aliphatic rings. The molecule has 0 spiro atoms. The molecule has 0 saturated carbocycles. The van der Waals surface area contributed by atoms with Gasteiger partial charge < -0.3 is 4.57 Å². The third-order valence-corrected chi connectivity index (χ3v) is 2.82. The lowest BCUT2D eigenvalue weighted by Gasteiger charge is -2.03. The molecule has 0 N–H and O–H groups in total. The Hall–Kier alpha value is -0.960. The van der Waals surface area contributed by atoms with Crippen molar-refractivity contribution in [2.45, 2.75) is 0 Å². The highest BCUT2D eigenvalue weighted by Gasteiger charge is 2.04. The topological polar surface area (TPSA) is 17.8 Å². The van der Waals surface area contributed by atoms with E-state index in [9.17, 15) is 0 Å². The number of hydrogen-bond acceptors (Lipinski definition) is 1. The number of halogens is 3. The van der Waals surface area contributed by atoms with E-state index >= 15 is 0 Å². The molecule has 0 aliphatic carbocycles. The van der Waals surface area contributed by atoms with E-state index in [4.69, 9.17) is 34.8 Å². The monoisotopic (exact) mass is 272 g/mol. The maximum Gasteiger partial charge on any atom is 0.0987 e. The Bertz CT molecular complexity index is 518. The average Bonchev–Trinajstić information content (AvgIpc) is 2.70. The van der Waals surface area contributed by atoms with Gasteiger partial charge in [0.1, 0.15) is 0 Å². The Labute approximate surface area is 108 Å². The summed E-state index contributed by atoms with van der Waals surface area (Å²) in [7, 11) is 0. The summed E-state index contributed by atoms with van der Waals surface area (Å²) in [5.74, 6) is 0. The summed E-state index contributed by atoms with van der Waals surface area (Å²) in [5.41, 5.74) is 0.737. The van der Waals surface area contributed by atoms with Gasteiger partial charge in [-0.05, 0) is 12.1 Å². The minimum absolute atomic E-state index is 0.522. The molecule has 0 saturated heterocycles. The van der Waals surface area contributed by atoms with Crippen LogP contribution in [-0.4, -0.2) is 9.55 Å². The molecule has 5 heteroatoms. The van der Waals surface area contributed by atoms with Crippen molar-refractivity contribution in [2.24, 2.45) is 0 Å². The molecule has 0 unspecified atom stereocenters. The minimum atomic E-state index is 0.522. The Morgan fingerprint density at radius 2 is 2.12 bits per heavy atom. The van der Waals surface area contributed by atoms with Gasteiger partial charge in [0.2, 0.25) is 0 Å². The maximum absolute atomic E-state index is 6.14. The van der Waals surface area contributed by atoms with Crippen LogP contribution in [0.15, 0.2) is 36.9 Å². The van der Waals surface area contributed by atoms with Crippen LogP contribution in [0, 0.1) is 0 Å². The second-order valence-electron chi connectivity index (χ2n) is 3.11. The Morgan fingerprint density at radius 1 is 1.31 bits per heavy atom. The summed E-state index contributed by atoms with van der Waals surface area (Å²) in [6.07, 6.45) is 6.83. The molecular weight excluding hydrogens is 266 g/mol. The molecule has 2 aromatic rings. The summed E-state index contributed by atoms with van der Waals surface area (Å²) >= 11 is 18.0. The van der Waals surface area contributed by atoms with Crippen LogP contribution >= 0.6 is 34.8 Å². The van der Waals surface area contributed by atoms with E-state index in [0.717, 1.165) is 5.56 Å². The zero-order valence-corrected chi connectivity index (χ0v) is 10.3. The standard InChI is InChI=1S/C11H7Cl3N2/c12-8-1-2-9(10(13)5-8)11(14)6-16-4-3-15-7-16/h1-7H. The van der Waals surface area contributed by atoms with Crippen LogP contribution in [0.4, 0.5) is 0 Å². The van der Waals surface area contributed by atoms with E-state index in [2.05, 4.69) is 4.98 Å². The highest BCUT2D eigenvalue weighted by molar-refractivity contribution is 6.52. The predicted octanol–water partition coefficient (Wildman–Crippen LogP) is 4.38. The number of imidazole rings is 1. The molecule has 1 heterocycles. The van der Waals surface area contributed by atoms with Gasteiger partial charge in [-0.1, -0.05) is 40.9 Å². The predicted molar refractivity (Wildman–Crippen MR) is 68.7 cm³/mol. The zero-order chi connectivity index (χ0) is 11.5. The summed E-state index contributed by atoms with van der Waals surface area (Å²) in [6, 6.07) is 5.18. The van der Waals surface area contributed by atoms with Crippen LogP contribution in [0.1, 0.15) is 5.56 Å². The molecule has 0 amide bonds. The first-order valence-corrected chi connectivity index (χ1v) is 5.60. The maximum atomic E-state index is 6.14. The van der Waals surface area contributed by atoms with Gasteiger partial charge in [0, 0.05) is 29.2 Å². The van der Waals surface area contributed by atoms with Gasteiger partial charge in [0.25, 0.3) is 0 Å². The fourth-order valence-electron chi connectivity index (χ4n) is 1.23. The van der Waals surface area contributed by atoms with E-state index < -0.39 is 0 Å². The molecule has 16 heavy (non-hydrogen) atoms. The summed E-state index contributed by atoms with van der Waals surface area (Å²) in [6.45, 7) is 0. The van der Waals surface area contributed by atoms with Gasteiger partial charge in [-0.25, -0.2) is 4.98 Å². The second kappa shape index (κ2) is 4.91. The third-order valence-electron chi connectivity index (χ3n) is 1.98. The van der Waals surface area contributed by atoms with Crippen LogP contribution in [0.25, 0.3) is 11.2 Å². The normalized spacial score (nSPS) is 11.8. The van der Waals surface area contributed by atoms with Crippen molar-refractivity contribution in [3.63, 3.8) is 0 Å². The minimum Gasteiger partial charge on any atom is -0.312 e. The molecule has 0 bridgehead atoms. The van der Waals surface area contributed by atoms with E-state index in [0.29, 0.717) is 15.1 Å². The van der Waals surface area contributed by atoms with Crippen molar-refractivity contribution < 1.29 is 0 Å². The highest BCUT2D eigenvalue weighted by Crippen LogP contribution is 2.29. The van der Waals surface area contributed by atoms with Crippen molar-refractivity contribution in [1.29, 1.82) is 0 Å². The molecule has 2 nitrogen and oxygen atoms in total. The molecular formula is C11H7Cl3N2. The van der Waals surface area contributed by atoms with Gasteiger partial charge in [-0.3, -0.25) is 0 Å². The van der Waals surface area contributed by atoms with Crippen LogP contribution in [0.3, 0.4) is 0 Å². The fourth-order valence-corrected chi connectivity index (χ4v) is 2.07. The first kappa shape index (κ1) is 11.5. The summed E-state index contributed by atoms with van der Waals surface area (Å²) in [4.78, 5) is 3.91. The first-order valence-electron chi connectivity index (χ1n) is 4.47. The molecule has 2 rings (SSSR count). The Kier molecular flexibility index (Phi) is 3.54. The van der Waals surface area contributed by atoms with Gasteiger partial charge in [-0.15, -0.1) is 0 Å². The second-order valence-corrected chi connectivity index (χ2v) is 4.36. The van der Waals surface area contributed by atoms with Gasteiger partial charge in [0.15, 0.2) is 0 Å². The van der Waals surface area contributed by atoms with Crippen LogP contribution < -0.4 is 0 Å². The lowest BCUT2D eigenvalue weighted by atomic mass is 10.2. The van der Waals surface area contributed by atoms with E-state index in [1.165, 1.54) is 0 Å². The number of hydrogen-bond donors (Lipinski definition) is 0. The smallest absolute Gasteiger partial charge is 0.0987 e. The molecule has 0 radical (unpaired) electrons. The Balaban J connectivity index is 2.37. The largest absolute Gasteiger partial charge is 0.312 e. The third kappa shape index (κ3) is 2.59. The van der Waals surface area contributed by atoms with E-state index in [1.54, 1.807) is 47.7 Å². The lowest BCUT2D eigenvalue weighted by Crippen LogP contribution is -1.84. The van der Waals surface area contributed by atoms with Crippen molar-refractivity contribution in [1.82, 2.24) is 9.55 Å². The molecule has 0 fully saturated rings. The van der Waals surface area contributed by atoms with Gasteiger partial charge in [-0.2, -0.15) is 0 Å². The first-order chi connectivity index (χ1) is 7.66.